The first-order chi connectivity index (χ1) is 8.82. The second-order valence-electron chi connectivity index (χ2n) is 5.16. The summed E-state index contributed by atoms with van der Waals surface area (Å²) in [5, 5.41) is 0. The van der Waals surface area contributed by atoms with Crippen molar-refractivity contribution in [2.45, 2.75) is 43.7 Å². The van der Waals surface area contributed by atoms with Crippen LogP contribution in [0.15, 0.2) is 27.6 Å². The van der Waals surface area contributed by atoms with Gasteiger partial charge in [0.2, 0.25) is 10.0 Å². The molecule has 1 saturated heterocycles. The van der Waals surface area contributed by atoms with E-state index in [4.69, 9.17) is 5.73 Å². The van der Waals surface area contributed by atoms with Crippen molar-refractivity contribution >= 4 is 26.0 Å². The van der Waals surface area contributed by atoms with Crippen LogP contribution >= 0.6 is 15.9 Å². The van der Waals surface area contributed by atoms with Crippen LogP contribution in [0.4, 0.5) is 0 Å². The number of nitrogens with zero attached hydrogens (tertiary/aromatic N) is 1. The molecule has 1 aromatic carbocycles. The fourth-order valence-electron chi connectivity index (χ4n) is 2.46. The van der Waals surface area contributed by atoms with Crippen LogP contribution in [0.25, 0.3) is 0 Å². The summed E-state index contributed by atoms with van der Waals surface area (Å²) in [7, 11) is -3.42. The van der Waals surface area contributed by atoms with Gasteiger partial charge in [-0.05, 0) is 50.5 Å². The molecule has 0 bridgehead atoms. The van der Waals surface area contributed by atoms with Crippen molar-refractivity contribution in [3.05, 3.63) is 28.2 Å². The Labute approximate surface area is 123 Å². The first-order valence-corrected chi connectivity index (χ1v) is 8.59. The topological polar surface area (TPSA) is 63.4 Å². The number of hydrogen-bond acceptors (Lipinski definition) is 3. The highest BCUT2D eigenvalue weighted by Crippen LogP contribution is 2.27. The minimum Gasteiger partial charge on any atom is -0.328 e. The van der Waals surface area contributed by atoms with E-state index in [2.05, 4.69) is 15.9 Å². The molecule has 2 N–H and O–H groups in total. The fraction of sp³-hybridized carbons (Fsp3) is 0.538. The number of nitrogens with two attached hydrogens (primary N) is 1. The second-order valence-corrected chi connectivity index (χ2v) is 7.91. The van der Waals surface area contributed by atoms with E-state index in [-0.39, 0.29) is 12.1 Å². The van der Waals surface area contributed by atoms with Crippen LogP contribution < -0.4 is 5.73 Å². The zero-order valence-electron chi connectivity index (χ0n) is 11.1. The van der Waals surface area contributed by atoms with Gasteiger partial charge in [-0.15, -0.1) is 0 Å². The summed E-state index contributed by atoms with van der Waals surface area (Å²) in [6.07, 6.45) is 1.44. The largest absolute Gasteiger partial charge is 0.328 e. The molecule has 1 aliphatic heterocycles. The van der Waals surface area contributed by atoms with Crippen LogP contribution in [0.2, 0.25) is 0 Å². The molecule has 106 valence electrons. The van der Waals surface area contributed by atoms with Crippen molar-refractivity contribution in [2.24, 2.45) is 5.73 Å². The van der Waals surface area contributed by atoms with Crippen molar-refractivity contribution in [3.63, 3.8) is 0 Å². The Morgan fingerprint density at radius 3 is 2.68 bits per heavy atom. The molecule has 0 radical (unpaired) electrons. The summed E-state index contributed by atoms with van der Waals surface area (Å²) >= 11 is 3.39. The molecule has 0 aromatic heterocycles. The summed E-state index contributed by atoms with van der Waals surface area (Å²) in [6.45, 7) is 4.31. The Bertz CT molecular complexity index is 574. The molecule has 2 rings (SSSR count). The molecule has 0 unspecified atom stereocenters. The third kappa shape index (κ3) is 3.02. The molecule has 6 heteroatoms. The lowest BCUT2D eigenvalue weighted by Crippen LogP contribution is -2.48. The van der Waals surface area contributed by atoms with E-state index in [1.807, 2.05) is 13.8 Å². The maximum atomic E-state index is 12.6. The zero-order chi connectivity index (χ0) is 14.2. The molecule has 2 atom stereocenters. The molecular formula is C13H19BrN2O2S. The standard InChI is InChI=1S/C13H19BrN2O2S/c1-9-7-12(3-4-13(9)14)19(17,18)16-6-5-11(15)8-10(16)2/h3-4,7,10-11H,5-6,8,15H2,1-2H3/t10-,11-/m1/s1. The Morgan fingerprint density at radius 1 is 1.42 bits per heavy atom. The summed E-state index contributed by atoms with van der Waals surface area (Å²) in [5.41, 5.74) is 6.80. The highest BCUT2D eigenvalue weighted by Gasteiger charge is 2.33. The van der Waals surface area contributed by atoms with Crippen molar-refractivity contribution in [2.75, 3.05) is 6.54 Å². The van der Waals surface area contributed by atoms with Crippen LogP contribution in [0.3, 0.4) is 0 Å². The minimum absolute atomic E-state index is 0.0438. The van der Waals surface area contributed by atoms with Gasteiger partial charge in [0.15, 0.2) is 0 Å². The number of piperidine rings is 1. The van der Waals surface area contributed by atoms with Crippen LogP contribution in [-0.2, 0) is 10.0 Å². The van der Waals surface area contributed by atoms with Gasteiger partial charge < -0.3 is 5.73 Å². The Hall–Kier alpha value is -0.430. The maximum absolute atomic E-state index is 12.6. The van der Waals surface area contributed by atoms with E-state index in [1.165, 1.54) is 0 Å². The van der Waals surface area contributed by atoms with Gasteiger partial charge in [0.05, 0.1) is 4.90 Å². The molecule has 1 fully saturated rings. The van der Waals surface area contributed by atoms with Crippen molar-refractivity contribution < 1.29 is 8.42 Å². The van der Waals surface area contributed by atoms with E-state index in [9.17, 15) is 8.42 Å². The van der Waals surface area contributed by atoms with Gasteiger partial charge in [0, 0.05) is 23.1 Å². The molecule has 0 amide bonds. The molecule has 0 aliphatic carbocycles. The normalized spacial score (nSPS) is 25.5. The lowest BCUT2D eigenvalue weighted by atomic mass is 10.0. The van der Waals surface area contributed by atoms with Crippen LogP contribution in [0.1, 0.15) is 25.3 Å². The summed E-state index contributed by atoms with van der Waals surface area (Å²) in [6, 6.07) is 5.20. The van der Waals surface area contributed by atoms with Crippen LogP contribution in [0, 0.1) is 6.92 Å². The summed E-state index contributed by atoms with van der Waals surface area (Å²) in [5.74, 6) is 0. The molecule has 1 aromatic rings. The Balaban J connectivity index is 2.34. The predicted molar refractivity (Wildman–Crippen MR) is 79.4 cm³/mol. The van der Waals surface area contributed by atoms with E-state index < -0.39 is 10.0 Å². The summed E-state index contributed by atoms with van der Waals surface area (Å²) in [4.78, 5) is 0.357. The van der Waals surface area contributed by atoms with Gasteiger partial charge in [-0.25, -0.2) is 8.42 Å². The number of aryl methyl sites for hydroxylation is 1. The molecule has 4 nitrogen and oxygen atoms in total. The summed E-state index contributed by atoms with van der Waals surface area (Å²) < 4.78 is 27.8. The number of sulfonamides is 1. The van der Waals surface area contributed by atoms with Crippen LogP contribution in [-0.4, -0.2) is 31.4 Å². The van der Waals surface area contributed by atoms with Gasteiger partial charge in [0.25, 0.3) is 0 Å². The monoisotopic (exact) mass is 346 g/mol. The van der Waals surface area contributed by atoms with Gasteiger partial charge in [0.1, 0.15) is 0 Å². The lowest BCUT2D eigenvalue weighted by molar-refractivity contribution is 0.247. The minimum atomic E-state index is -3.42. The van der Waals surface area contributed by atoms with Gasteiger partial charge in [-0.3, -0.25) is 0 Å². The van der Waals surface area contributed by atoms with Crippen molar-refractivity contribution in [3.8, 4) is 0 Å². The first-order valence-electron chi connectivity index (χ1n) is 6.36. The first kappa shape index (κ1) is 15.0. The SMILES string of the molecule is Cc1cc(S(=O)(=O)N2CC[C@@H](N)C[C@H]2C)ccc1Br. The zero-order valence-corrected chi connectivity index (χ0v) is 13.5. The lowest BCUT2D eigenvalue weighted by Gasteiger charge is -2.35. The molecule has 0 spiro atoms. The van der Waals surface area contributed by atoms with E-state index >= 15 is 0 Å². The fourth-order valence-corrected chi connectivity index (χ4v) is 4.45. The number of hydrogen-bond donors (Lipinski definition) is 1. The molecule has 1 heterocycles. The third-order valence-corrected chi connectivity index (χ3v) is 6.49. The second kappa shape index (κ2) is 5.52. The molecular weight excluding hydrogens is 328 g/mol. The number of halogens is 1. The van der Waals surface area contributed by atoms with Crippen molar-refractivity contribution in [1.82, 2.24) is 4.31 Å². The number of benzene rings is 1. The van der Waals surface area contributed by atoms with E-state index in [0.29, 0.717) is 11.4 Å². The smallest absolute Gasteiger partial charge is 0.243 e. The highest BCUT2D eigenvalue weighted by molar-refractivity contribution is 9.10. The van der Waals surface area contributed by atoms with Gasteiger partial charge in [-0.1, -0.05) is 15.9 Å². The van der Waals surface area contributed by atoms with E-state index in [1.54, 1.807) is 22.5 Å². The highest BCUT2D eigenvalue weighted by atomic mass is 79.9. The van der Waals surface area contributed by atoms with Gasteiger partial charge >= 0.3 is 0 Å². The number of rotatable bonds is 2. The molecule has 1 aliphatic rings. The quantitative estimate of drug-likeness (QED) is 0.893. The van der Waals surface area contributed by atoms with E-state index in [0.717, 1.165) is 22.9 Å². The van der Waals surface area contributed by atoms with Crippen molar-refractivity contribution in [1.29, 1.82) is 0 Å². The van der Waals surface area contributed by atoms with Crippen LogP contribution in [0.5, 0.6) is 0 Å². The molecule has 19 heavy (non-hydrogen) atoms. The molecule has 0 saturated carbocycles. The average molecular weight is 347 g/mol. The maximum Gasteiger partial charge on any atom is 0.243 e. The van der Waals surface area contributed by atoms with Gasteiger partial charge in [-0.2, -0.15) is 4.31 Å². The Kier molecular flexibility index (Phi) is 4.35. The average Bonchev–Trinajstić information content (AvgIpc) is 2.32. The predicted octanol–water partition coefficient (Wildman–Crippen LogP) is 2.26. The Morgan fingerprint density at radius 2 is 2.11 bits per heavy atom. The third-order valence-electron chi connectivity index (χ3n) is 3.59.